The van der Waals surface area contributed by atoms with Crippen LogP contribution in [0.5, 0.6) is 0 Å². The molecule has 1 N–H and O–H groups in total. The van der Waals surface area contributed by atoms with Gasteiger partial charge in [0.05, 0.1) is 11.6 Å². The second-order valence-corrected chi connectivity index (χ2v) is 10.0. The minimum Gasteiger partial charge on any atom is -0.348 e. The van der Waals surface area contributed by atoms with E-state index in [9.17, 15) is 13.6 Å². The van der Waals surface area contributed by atoms with Crippen molar-refractivity contribution in [2.45, 2.75) is 88.8 Å². The standard InChI is InChI=1S/C21H31F2N3OS/c1-14-10-16-2-3-17(11-14)26(16)9-6-18(19-12-24-13-28-19)25-20(27)15-4-7-21(22,23)8-5-15/h12-18H,2-11H2,1H3,(H,25,27)/t14?,16?,17?,18-/m0/s1. The van der Waals surface area contributed by atoms with Crippen LogP contribution >= 0.6 is 11.3 Å². The van der Waals surface area contributed by atoms with E-state index in [-0.39, 0.29) is 43.6 Å². The van der Waals surface area contributed by atoms with E-state index in [0.717, 1.165) is 23.8 Å². The van der Waals surface area contributed by atoms with Crippen LogP contribution in [0.15, 0.2) is 11.7 Å². The predicted octanol–water partition coefficient (Wildman–Crippen LogP) is 4.78. The first-order valence-electron chi connectivity index (χ1n) is 10.7. The Morgan fingerprint density at radius 3 is 2.57 bits per heavy atom. The molecule has 0 aromatic carbocycles. The first kappa shape index (κ1) is 20.2. The number of amides is 1. The fraction of sp³-hybridized carbons (Fsp3) is 0.810. The minimum absolute atomic E-state index is 0.0656. The molecule has 1 amide bonds. The highest BCUT2D eigenvalue weighted by atomic mass is 32.1. The molecule has 1 aromatic rings. The first-order valence-corrected chi connectivity index (χ1v) is 11.6. The van der Waals surface area contributed by atoms with Gasteiger partial charge in [0, 0.05) is 48.5 Å². The lowest BCUT2D eigenvalue weighted by Gasteiger charge is -2.38. The third-order valence-electron chi connectivity index (χ3n) is 7.00. The largest absolute Gasteiger partial charge is 0.348 e. The van der Waals surface area contributed by atoms with Gasteiger partial charge in [-0.05, 0) is 50.9 Å². The van der Waals surface area contributed by atoms with Crippen molar-refractivity contribution in [3.63, 3.8) is 0 Å². The number of alkyl halides is 2. The number of carbonyl (C=O) groups excluding carboxylic acids is 1. The molecule has 2 aliphatic heterocycles. The number of nitrogens with one attached hydrogen (secondary N) is 1. The number of hydrogen-bond donors (Lipinski definition) is 1. The lowest BCUT2D eigenvalue weighted by Crippen LogP contribution is -2.44. The smallest absolute Gasteiger partial charge is 0.248 e. The summed E-state index contributed by atoms with van der Waals surface area (Å²) < 4.78 is 26.8. The minimum atomic E-state index is -2.60. The van der Waals surface area contributed by atoms with Crippen LogP contribution in [0.25, 0.3) is 0 Å². The summed E-state index contributed by atoms with van der Waals surface area (Å²) in [7, 11) is 0. The summed E-state index contributed by atoms with van der Waals surface area (Å²) in [6, 6.07) is 1.31. The summed E-state index contributed by atoms with van der Waals surface area (Å²) in [6.07, 6.45) is 8.05. The molecule has 28 heavy (non-hydrogen) atoms. The molecule has 3 fully saturated rings. The van der Waals surface area contributed by atoms with Gasteiger partial charge in [-0.3, -0.25) is 14.7 Å². The molecule has 2 saturated heterocycles. The number of carbonyl (C=O) groups is 1. The number of rotatable bonds is 6. The van der Waals surface area contributed by atoms with Gasteiger partial charge in [-0.1, -0.05) is 6.92 Å². The molecule has 7 heteroatoms. The van der Waals surface area contributed by atoms with Gasteiger partial charge in [-0.25, -0.2) is 8.78 Å². The van der Waals surface area contributed by atoms with Crippen LogP contribution in [0.4, 0.5) is 8.78 Å². The quantitative estimate of drug-likeness (QED) is 0.733. The number of halogens is 2. The number of thiazole rings is 1. The fourth-order valence-electron chi connectivity index (χ4n) is 5.46. The summed E-state index contributed by atoms with van der Waals surface area (Å²) in [6.45, 7) is 3.34. The molecule has 3 atom stereocenters. The zero-order valence-electron chi connectivity index (χ0n) is 16.6. The van der Waals surface area contributed by atoms with Crippen molar-refractivity contribution in [3.8, 4) is 0 Å². The zero-order chi connectivity index (χ0) is 19.7. The van der Waals surface area contributed by atoms with Gasteiger partial charge in [0.15, 0.2) is 0 Å². The van der Waals surface area contributed by atoms with Gasteiger partial charge >= 0.3 is 0 Å². The van der Waals surface area contributed by atoms with Crippen LogP contribution in [0.2, 0.25) is 0 Å². The predicted molar refractivity (Wildman–Crippen MR) is 106 cm³/mol. The molecule has 0 radical (unpaired) electrons. The molecule has 4 nitrogen and oxygen atoms in total. The van der Waals surface area contributed by atoms with Crippen molar-refractivity contribution >= 4 is 17.2 Å². The Hall–Kier alpha value is -1.08. The first-order chi connectivity index (χ1) is 13.4. The van der Waals surface area contributed by atoms with Crippen LogP contribution in [0.1, 0.15) is 75.6 Å². The van der Waals surface area contributed by atoms with Gasteiger partial charge in [-0.15, -0.1) is 11.3 Å². The van der Waals surface area contributed by atoms with E-state index >= 15 is 0 Å². The van der Waals surface area contributed by atoms with E-state index in [0.29, 0.717) is 12.1 Å². The number of nitrogens with zero attached hydrogens (tertiary/aromatic N) is 2. The molecule has 0 spiro atoms. The Balaban J connectivity index is 1.36. The van der Waals surface area contributed by atoms with Gasteiger partial charge in [-0.2, -0.15) is 0 Å². The lowest BCUT2D eigenvalue weighted by atomic mass is 9.86. The highest BCUT2D eigenvalue weighted by Crippen LogP contribution is 2.39. The van der Waals surface area contributed by atoms with Crippen molar-refractivity contribution in [2.75, 3.05) is 6.54 Å². The molecule has 2 unspecified atom stereocenters. The third kappa shape index (κ3) is 4.56. The molecule has 156 valence electrons. The van der Waals surface area contributed by atoms with Crippen LogP contribution < -0.4 is 5.32 Å². The molecule has 4 rings (SSSR count). The Bertz CT molecular complexity index is 645. The summed E-state index contributed by atoms with van der Waals surface area (Å²) in [5, 5.41) is 3.17. The van der Waals surface area contributed by atoms with Gasteiger partial charge in [0.2, 0.25) is 11.8 Å². The van der Waals surface area contributed by atoms with Crippen molar-refractivity contribution in [1.29, 1.82) is 0 Å². The van der Waals surface area contributed by atoms with Gasteiger partial charge < -0.3 is 5.32 Å². The summed E-state index contributed by atoms with van der Waals surface area (Å²) in [5.74, 6) is -2.14. The topological polar surface area (TPSA) is 45.2 Å². The Kier molecular flexibility index (Phi) is 6.02. The van der Waals surface area contributed by atoms with E-state index in [2.05, 4.69) is 22.1 Å². The normalized spacial score (nSPS) is 31.6. The average Bonchev–Trinajstić information content (AvgIpc) is 3.25. The van der Waals surface area contributed by atoms with E-state index in [1.165, 1.54) is 25.7 Å². The molecule has 3 aliphatic rings. The van der Waals surface area contributed by atoms with E-state index in [1.807, 2.05) is 6.20 Å². The Labute approximate surface area is 170 Å². The highest BCUT2D eigenvalue weighted by molar-refractivity contribution is 7.09. The lowest BCUT2D eigenvalue weighted by molar-refractivity contribution is -0.130. The molecule has 1 aliphatic carbocycles. The summed E-state index contributed by atoms with van der Waals surface area (Å²) in [4.78, 5) is 20.7. The third-order valence-corrected chi connectivity index (χ3v) is 7.88. The number of aromatic nitrogens is 1. The molecular formula is C21H31F2N3OS. The monoisotopic (exact) mass is 411 g/mol. The SMILES string of the molecule is CC1CC2CCC(C1)N2CC[C@H](NC(=O)C1CCC(F)(F)CC1)c1cncs1. The maximum Gasteiger partial charge on any atom is 0.248 e. The molecule has 1 saturated carbocycles. The Morgan fingerprint density at radius 2 is 1.96 bits per heavy atom. The van der Waals surface area contributed by atoms with E-state index in [1.54, 1.807) is 16.8 Å². The Morgan fingerprint density at radius 1 is 1.29 bits per heavy atom. The fourth-order valence-corrected chi connectivity index (χ4v) is 6.17. The van der Waals surface area contributed by atoms with Gasteiger partial charge in [0.1, 0.15) is 0 Å². The molecule has 3 heterocycles. The summed E-state index contributed by atoms with van der Waals surface area (Å²) >= 11 is 1.56. The molecule has 2 bridgehead atoms. The zero-order valence-corrected chi connectivity index (χ0v) is 17.4. The van der Waals surface area contributed by atoms with Crippen LogP contribution in [0, 0.1) is 11.8 Å². The van der Waals surface area contributed by atoms with E-state index < -0.39 is 5.92 Å². The van der Waals surface area contributed by atoms with E-state index in [4.69, 9.17) is 0 Å². The van der Waals surface area contributed by atoms with Crippen LogP contribution in [-0.2, 0) is 4.79 Å². The number of hydrogen-bond acceptors (Lipinski definition) is 4. The number of fused-ring (bicyclic) bond motifs is 2. The molecule has 1 aromatic heterocycles. The van der Waals surface area contributed by atoms with Crippen molar-refractivity contribution in [2.24, 2.45) is 11.8 Å². The maximum absolute atomic E-state index is 13.4. The average molecular weight is 412 g/mol. The van der Waals surface area contributed by atoms with Crippen molar-refractivity contribution in [1.82, 2.24) is 15.2 Å². The van der Waals surface area contributed by atoms with Crippen molar-refractivity contribution < 1.29 is 13.6 Å². The second-order valence-electron chi connectivity index (χ2n) is 9.08. The molecular weight excluding hydrogens is 380 g/mol. The van der Waals surface area contributed by atoms with Gasteiger partial charge in [0.25, 0.3) is 0 Å². The highest BCUT2D eigenvalue weighted by Gasteiger charge is 2.40. The summed E-state index contributed by atoms with van der Waals surface area (Å²) in [5.41, 5.74) is 1.79. The maximum atomic E-state index is 13.4. The van der Waals surface area contributed by atoms with Crippen LogP contribution in [-0.4, -0.2) is 40.3 Å². The van der Waals surface area contributed by atoms with Crippen LogP contribution in [0.3, 0.4) is 0 Å². The second kappa shape index (κ2) is 8.34. The van der Waals surface area contributed by atoms with Crippen molar-refractivity contribution in [3.05, 3.63) is 16.6 Å². The number of piperidine rings is 1.